The number of nitrogens with zero attached hydrogens (tertiary/aromatic N) is 4. The largest absolute Gasteiger partial charge is 0.497 e. The second kappa shape index (κ2) is 3.85. The zero-order valence-electron chi connectivity index (χ0n) is 9.14. The van der Waals surface area contributed by atoms with Crippen LogP contribution in [0.25, 0.3) is 11.0 Å². The lowest BCUT2D eigenvalue weighted by Crippen LogP contribution is -1.93. The van der Waals surface area contributed by atoms with E-state index in [4.69, 9.17) is 4.74 Å². The Hall–Kier alpha value is -2.44. The number of hydrogen-bond donors (Lipinski definition) is 2. The molecule has 0 bridgehead atoms. The van der Waals surface area contributed by atoms with Crippen LogP contribution < -0.4 is 4.74 Å². The van der Waals surface area contributed by atoms with Crippen LogP contribution in [-0.4, -0.2) is 37.7 Å². The van der Waals surface area contributed by atoms with Crippen molar-refractivity contribution < 1.29 is 4.74 Å². The summed E-state index contributed by atoms with van der Waals surface area (Å²) in [6.07, 6.45) is 0.521. The molecule has 1 aromatic carbocycles. The van der Waals surface area contributed by atoms with E-state index in [2.05, 4.69) is 30.6 Å². The molecule has 7 heteroatoms. The fraction of sp³-hybridized carbons (Fsp3) is 0.200. The number of tetrazole rings is 1. The molecule has 0 saturated carbocycles. The zero-order chi connectivity index (χ0) is 11.7. The maximum absolute atomic E-state index is 5.15. The number of fused-ring (bicyclic) bond motifs is 1. The van der Waals surface area contributed by atoms with Gasteiger partial charge >= 0.3 is 0 Å². The van der Waals surface area contributed by atoms with Gasteiger partial charge in [0, 0.05) is 6.07 Å². The first-order valence-electron chi connectivity index (χ1n) is 5.10. The van der Waals surface area contributed by atoms with Crippen molar-refractivity contribution in [2.45, 2.75) is 6.42 Å². The number of ether oxygens (including phenoxy) is 1. The first-order chi connectivity index (χ1) is 8.35. The highest BCUT2D eigenvalue weighted by Crippen LogP contribution is 2.19. The molecule has 2 aromatic heterocycles. The number of aromatic nitrogens is 6. The van der Waals surface area contributed by atoms with Crippen molar-refractivity contribution in [2.24, 2.45) is 0 Å². The third-order valence-corrected chi connectivity index (χ3v) is 2.45. The third kappa shape index (κ3) is 1.82. The van der Waals surface area contributed by atoms with Crippen LogP contribution in [0.4, 0.5) is 0 Å². The molecular formula is C10H10N6O. The number of aromatic amines is 2. The Labute approximate surface area is 96.2 Å². The first-order valence-corrected chi connectivity index (χ1v) is 5.10. The molecule has 3 rings (SSSR count). The minimum absolute atomic E-state index is 0.521. The Morgan fingerprint density at radius 2 is 2.29 bits per heavy atom. The van der Waals surface area contributed by atoms with Gasteiger partial charge in [-0.2, -0.15) is 5.21 Å². The molecule has 0 aliphatic rings. The first kappa shape index (κ1) is 9.76. The van der Waals surface area contributed by atoms with E-state index in [0.29, 0.717) is 12.2 Å². The second-order valence-corrected chi connectivity index (χ2v) is 3.57. The van der Waals surface area contributed by atoms with Crippen LogP contribution in [0.15, 0.2) is 18.2 Å². The summed E-state index contributed by atoms with van der Waals surface area (Å²) in [7, 11) is 1.64. The molecule has 2 N–H and O–H groups in total. The van der Waals surface area contributed by atoms with Gasteiger partial charge in [0.25, 0.3) is 0 Å². The van der Waals surface area contributed by atoms with E-state index in [1.165, 1.54) is 0 Å². The van der Waals surface area contributed by atoms with Crippen LogP contribution in [0.1, 0.15) is 11.6 Å². The number of methoxy groups -OCH3 is 1. The molecule has 0 amide bonds. The topological polar surface area (TPSA) is 92.4 Å². The Morgan fingerprint density at radius 3 is 3.06 bits per heavy atom. The number of H-pyrrole nitrogens is 2. The van der Waals surface area contributed by atoms with Crippen molar-refractivity contribution in [1.29, 1.82) is 0 Å². The molecule has 0 aliphatic heterocycles. The average molecular weight is 230 g/mol. The van der Waals surface area contributed by atoms with E-state index >= 15 is 0 Å². The highest BCUT2D eigenvalue weighted by Gasteiger charge is 2.07. The predicted molar refractivity (Wildman–Crippen MR) is 59.6 cm³/mol. The molecule has 0 spiro atoms. The number of benzene rings is 1. The van der Waals surface area contributed by atoms with Crippen LogP contribution in [0, 0.1) is 0 Å². The minimum Gasteiger partial charge on any atom is -0.497 e. The Balaban J connectivity index is 1.96. The summed E-state index contributed by atoms with van der Waals surface area (Å²) < 4.78 is 5.15. The number of imidazole rings is 1. The molecule has 0 atom stereocenters. The highest BCUT2D eigenvalue weighted by atomic mass is 16.5. The minimum atomic E-state index is 0.521. The third-order valence-electron chi connectivity index (χ3n) is 2.45. The van der Waals surface area contributed by atoms with Crippen LogP contribution >= 0.6 is 0 Å². The summed E-state index contributed by atoms with van der Waals surface area (Å²) in [5, 5.41) is 13.7. The van der Waals surface area contributed by atoms with Gasteiger partial charge < -0.3 is 9.72 Å². The van der Waals surface area contributed by atoms with E-state index in [1.807, 2.05) is 18.2 Å². The molecule has 86 valence electrons. The maximum atomic E-state index is 5.15. The standard InChI is InChI=1S/C10H10N6O/c1-17-6-2-3-7-8(4-6)12-9(11-7)5-10-13-15-16-14-10/h2-4H,5H2,1H3,(H,11,12)(H,13,14,15,16). The lowest BCUT2D eigenvalue weighted by molar-refractivity contribution is 0.415. The summed E-state index contributed by atoms with van der Waals surface area (Å²) in [5.41, 5.74) is 1.83. The summed E-state index contributed by atoms with van der Waals surface area (Å²) in [6.45, 7) is 0. The van der Waals surface area contributed by atoms with Crippen molar-refractivity contribution in [2.75, 3.05) is 7.11 Å². The fourth-order valence-electron chi connectivity index (χ4n) is 1.66. The quantitative estimate of drug-likeness (QED) is 0.690. The van der Waals surface area contributed by atoms with Gasteiger partial charge in [-0.3, -0.25) is 0 Å². The van der Waals surface area contributed by atoms with Crippen molar-refractivity contribution in [1.82, 2.24) is 30.6 Å². The van der Waals surface area contributed by atoms with Gasteiger partial charge in [-0.1, -0.05) is 5.21 Å². The molecule has 3 aromatic rings. The zero-order valence-corrected chi connectivity index (χ0v) is 9.14. The average Bonchev–Trinajstić information content (AvgIpc) is 2.96. The number of nitrogens with one attached hydrogen (secondary N) is 2. The monoisotopic (exact) mass is 230 g/mol. The molecule has 0 radical (unpaired) electrons. The second-order valence-electron chi connectivity index (χ2n) is 3.57. The van der Waals surface area contributed by atoms with Gasteiger partial charge in [0.1, 0.15) is 11.6 Å². The maximum Gasteiger partial charge on any atom is 0.182 e. The molecule has 0 fully saturated rings. The van der Waals surface area contributed by atoms with Gasteiger partial charge in [0.05, 0.1) is 24.6 Å². The van der Waals surface area contributed by atoms with Crippen LogP contribution in [-0.2, 0) is 6.42 Å². The van der Waals surface area contributed by atoms with E-state index in [0.717, 1.165) is 22.6 Å². The van der Waals surface area contributed by atoms with Gasteiger partial charge in [0.2, 0.25) is 0 Å². The van der Waals surface area contributed by atoms with Crippen molar-refractivity contribution in [3.05, 3.63) is 29.8 Å². The molecule has 0 saturated heterocycles. The molecule has 17 heavy (non-hydrogen) atoms. The lowest BCUT2D eigenvalue weighted by Gasteiger charge is -1.96. The van der Waals surface area contributed by atoms with Gasteiger partial charge in [0.15, 0.2) is 5.82 Å². The SMILES string of the molecule is COc1ccc2nc(Cc3nn[nH]n3)[nH]c2c1. The molecule has 0 aliphatic carbocycles. The van der Waals surface area contributed by atoms with Crippen LogP contribution in [0.5, 0.6) is 5.75 Å². The van der Waals surface area contributed by atoms with Gasteiger partial charge in [-0.15, -0.1) is 10.2 Å². The summed E-state index contributed by atoms with van der Waals surface area (Å²) >= 11 is 0. The Morgan fingerprint density at radius 1 is 1.35 bits per heavy atom. The van der Waals surface area contributed by atoms with E-state index in [9.17, 15) is 0 Å². The van der Waals surface area contributed by atoms with Crippen molar-refractivity contribution in [3.63, 3.8) is 0 Å². The van der Waals surface area contributed by atoms with Gasteiger partial charge in [-0.05, 0) is 12.1 Å². The molecule has 7 nitrogen and oxygen atoms in total. The summed E-state index contributed by atoms with van der Waals surface area (Å²) in [4.78, 5) is 7.63. The normalized spacial score (nSPS) is 10.9. The Kier molecular flexibility index (Phi) is 2.21. The molecule has 2 heterocycles. The van der Waals surface area contributed by atoms with E-state index < -0.39 is 0 Å². The predicted octanol–water partition coefficient (Wildman–Crippen LogP) is 0.675. The van der Waals surface area contributed by atoms with Crippen molar-refractivity contribution >= 4 is 11.0 Å². The number of hydrogen-bond acceptors (Lipinski definition) is 5. The summed E-state index contributed by atoms with van der Waals surface area (Å²) in [6, 6.07) is 5.69. The number of rotatable bonds is 3. The van der Waals surface area contributed by atoms with E-state index in [-0.39, 0.29) is 0 Å². The molecular weight excluding hydrogens is 220 g/mol. The van der Waals surface area contributed by atoms with E-state index in [1.54, 1.807) is 7.11 Å². The van der Waals surface area contributed by atoms with Crippen LogP contribution in [0.3, 0.4) is 0 Å². The Bertz CT molecular complexity index is 629. The van der Waals surface area contributed by atoms with Crippen LogP contribution in [0.2, 0.25) is 0 Å². The smallest absolute Gasteiger partial charge is 0.182 e. The summed E-state index contributed by atoms with van der Waals surface area (Å²) in [5.74, 6) is 2.21. The lowest BCUT2D eigenvalue weighted by atomic mass is 10.3. The highest BCUT2D eigenvalue weighted by molar-refractivity contribution is 5.76. The van der Waals surface area contributed by atoms with Gasteiger partial charge in [-0.25, -0.2) is 4.98 Å². The molecule has 0 unspecified atom stereocenters. The fourth-order valence-corrected chi connectivity index (χ4v) is 1.66. The van der Waals surface area contributed by atoms with Crippen molar-refractivity contribution in [3.8, 4) is 5.75 Å².